The Labute approximate surface area is 187 Å². The molecule has 4 rings (SSSR count). The first-order valence-corrected chi connectivity index (χ1v) is 12.3. The molecule has 0 amide bonds. The second-order valence-electron chi connectivity index (χ2n) is 8.43. The van der Waals surface area contributed by atoms with E-state index in [1.807, 2.05) is 6.07 Å². The Balaban J connectivity index is 1.77. The third-order valence-corrected chi connectivity index (χ3v) is 8.29. The topological polar surface area (TPSA) is 98.3 Å². The molecule has 8 nitrogen and oxygen atoms in total. The lowest BCUT2D eigenvalue weighted by molar-refractivity contribution is 0.285. The first kappa shape index (κ1) is 22.4. The fraction of sp³-hybridized carbons (Fsp3) is 0.435. The number of benzene rings is 1. The van der Waals surface area contributed by atoms with Gasteiger partial charge in [-0.05, 0) is 51.3 Å². The minimum atomic E-state index is -3.66. The predicted octanol–water partition coefficient (Wildman–Crippen LogP) is 3.77. The molecule has 170 valence electrons. The highest BCUT2D eigenvalue weighted by Gasteiger charge is 2.30. The summed E-state index contributed by atoms with van der Waals surface area (Å²) in [5.41, 5.74) is 2.51. The maximum atomic E-state index is 13.5. The molecule has 0 saturated heterocycles. The van der Waals surface area contributed by atoms with Crippen LogP contribution in [0.4, 0.5) is 0 Å². The van der Waals surface area contributed by atoms with E-state index >= 15 is 0 Å². The van der Waals surface area contributed by atoms with Gasteiger partial charge in [0.05, 0.1) is 10.6 Å². The van der Waals surface area contributed by atoms with Gasteiger partial charge in [-0.2, -0.15) is 14.1 Å². The molecule has 0 unspecified atom stereocenters. The molecule has 9 heteroatoms. The molecule has 1 saturated carbocycles. The van der Waals surface area contributed by atoms with Gasteiger partial charge in [-0.15, -0.1) is 0 Å². The van der Waals surface area contributed by atoms with Crippen LogP contribution in [0.15, 0.2) is 44.5 Å². The summed E-state index contributed by atoms with van der Waals surface area (Å²) in [7, 11) is -1.99. The molecule has 2 aromatic heterocycles. The van der Waals surface area contributed by atoms with Crippen molar-refractivity contribution in [2.45, 2.75) is 63.8 Å². The van der Waals surface area contributed by atoms with E-state index < -0.39 is 10.0 Å². The van der Waals surface area contributed by atoms with Gasteiger partial charge in [0, 0.05) is 24.7 Å². The fourth-order valence-electron chi connectivity index (χ4n) is 4.34. The lowest BCUT2D eigenvalue weighted by Gasteiger charge is -2.30. The van der Waals surface area contributed by atoms with Crippen molar-refractivity contribution in [3.63, 3.8) is 0 Å². The fourth-order valence-corrected chi connectivity index (χ4v) is 6.00. The lowest BCUT2D eigenvalue weighted by atomic mass is 9.96. The molecule has 0 radical (unpaired) electrons. The molecule has 32 heavy (non-hydrogen) atoms. The molecule has 1 aromatic carbocycles. The Morgan fingerprint density at radius 2 is 1.78 bits per heavy atom. The number of rotatable bonds is 5. The molecule has 0 bridgehead atoms. The maximum absolute atomic E-state index is 13.5. The Morgan fingerprint density at radius 1 is 1.06 bits per heavy atom. The van der Waals surface area contributed by atoms with Crippen molar-refractivity contribution in [3.8, 4) is 16.9 Å². The third kappa shape index (κ3) is 4.02. The lowest BCUT2D eigenvalue weighted by Crippen LogP contribution is -2.38. The van der Waals surface area contributed by atoms with E-state index in [1.54, 1.807) is 46.0 Å². The van der Waals surface area contributed by atoms with Crippen LogP contribution in [-0.2, 0) is 10.0 Å². The largest absolute Gasteiger partial charge is 0.359 e. The summed E-state index contributed by atoms with van der Waals surface area (Å²) in [5, 5.41) is 8.39. The standard InChI is InChI=1S/C23H28N4O4S/c1-15-10-11-18(14-21(15)32(29,30)26(4)19-8-6-5-7-9-19)20-12-13-22(28)27(24-20)23-16(2)25-31-17(23)3/h10-14,19H,5-9H2,1-4H3. The van der Waals surface area contributed by atoms with Crippen molar-refractivity contribution < 1.29 is 12.9 Å². The molecule has 3 aromatic rings. The van der Waals surface area contributed by atoms with Gasteiger partial charge in [0.1, 0.15) is 11.4 Å². The van der Waals surface area contributed by atoms with Crippen molar-refractivity contribution >= 4 is 10.0 Å². The summed E-state index contributed by atoms with van der Waals surface area (Å²) in [6, 6.07) is 8.29. The Hall–Kier alpha value is -2.78. The summed E-state index contributed by atoms with van der Waals surface area (Å²) < 4.78 is 34.9. The molecular formula is C23H28N4O4S. The molecular weight excluding hydrogens is 428 g/mol. The first-order chi connectivity index (χ1) is 15.2. The van der Waals surface area contributed by atoms with Crippen molar-refractivity contribution in [1.29, 1.82) is 0 Å². The maximum Gasteiger partial charge on any atom is 0.271 e. The number of aromatic nitrogens is 3. The van der Waals surface area contributed by atoms with Crippen LogP contribution in [0.25, 0.3) is 16.9 Å². The number of nitrogens with zero attached hydrogens (tertiary/aromatic N) is 4. The van der Waals surface area contributed by atoms with Crippen LogP contribution in [0.5, 0.6) is 0 Å². The summed E-state index contributed by atoms with van der Waals surface area (Å²) in [4.78, 5) is 12.7. The van der Waals surface area contributed by atoms with E-state index in [2.05, 4.69) is 10.3 Å². The van der Waals surface area contributed by atoms with Gasteiger partial charge in [0.25, 0.3) is 5.56 Å². The van der Waals surface area contributed by atoms with E-state index in [0.717, 1.165) is 32.1 Å². The molecule has 1 aliphatic rings. The average Bonchev–Trinajstić information content (AvgIpc) is 3.12. The van der Waals surface area contributed by atoms with E-state index in [-0.39, 0.29) is 16.5 Å². The highest BCUT2D eigenvalue weighted by atomic mass is 32.2. The van der Waals surface area contributed by atoms with Crippen LogP contribution >= 0.6 is 0 Å². The molecule has 1 aliphatic carbocycles. The molecule has 0 N–H and O–H groups in total. The zero-order valence-corrected chi connectivity index (χ0v) is 19.6. The van der Waals surface area contributed by atoms with Crippen molar-refractivity contribution in [3.05, 3.63) is 57.7 Å². The van der Waals surface area contributed by atoms with Crippen molar-refractivity contribution in [2.24, 2.45) is 0 Å². The first-order valence-electron chi connectivity index (χ1n) is 10.8. The summed E-state index contributed by atoms with van der Waals surface area (Å²) in [5.74, 6) is 0.482. The quantitative estimate of drug-likeness (QED) is 0.580. The van der Waals surface area contributed by atoms with Gasteiger partial charge in [-0.1, -0.05) is 36.6 Å². The van der Waals surface area contributed by atoms with Crippen LogP contribution in [0.3, 0.4) is 0 Å². The summed E-state index contributed by atoms with van der Waals surface area (Å²) in [6.45, 7) is 5.25. The number of aryl methyl sites for hydroxylation is 3. The van der Waals surface area contributed by atoms with Gasteiger partial charge in [-0.25, -0.2) is 8.42 Å². The van der Waals surface area contributed by atoms with Gasteiger partial charge >= 0.3 is 0 Å². The summed E-state index contributed by atoms with van der Waals surface area (Å²) >= 11 is 0. The minimum absolute atomic E-state index is 0.0244. The average molecular weight is 457 g/mol. The molecule has 0 atom stereocenters. The Kier molecular flexibility index (Phi) is 6.05. The molecule has 0 spiro atoms. The Bertz CT molecular complexity index is 1280. The van der Waals surface area contributed by atoms with Crippen LogP contribution in [-0.4, -0.2) is 40.7 Å². The highest BCUT2D eigenvalue weighted by molar-refractivity contribution is 7.89. The normalized spacial score (nSPS) is 15.4. The second-order valence-corrected chi connectivity index (χ2v) is 10.4. The van der Waals surface area contributed by atoms with Crippen LogP contribution < -0.4 is 5.56 Å². The van der Waals surface area contributed by atoms with Crippen molar-refractivity contribution in [1.82, 2.24) is 19.2 Å². The number of hydrogen-bond donors (Lipinski definition) is 0. The highest BCUT2D eigenvalue weighted by Crippen LogP contribution is 2.30. The summed E-state index contributed by atoms with van der Waals surface area (Å²) in [6.07, 6.45) is 5.04. The van der Waals surface area contributed by atoms with E-state index in [4.69, 9.17) is 4.52 Å². The number of sulfonamides is 1. The number of hydrogen-bond acceptors (Lipinski definition) is 6. The van der Waals surface area contributed by atoms with Gasteiger partial charge in [-0.3, -0.25) is 4.79 Å². The zero-order chi connectivity index (χ0) is 23.0. The van der Waals surface area contributed by atoms with Crippen LogP contribution in [0.1, 0.15) is 49.1 Å². The zero-order valence-electron chi connectivity index (χ0n) is 18.8. The van der Waals surface area contributed by atoms with E-state index in [9.17, 15) is 13.2 Å². The predicted molar refractivity (Wildman–Crippen MR) is 121 cm³/mol. The van der Waals surface area contributed by atoms with E-state index in [1.165, 1.54) is 15.1 Å². The van der Waals surface area contributed by atoms with Gasteiger partial charge < -0.3 is 4.52 Å². The third-order valence-electron chi connectivity index (χ3n) is 6.24. The second kappa shape index (κ2) is 8.63. The molecule has 0 aliphatic heterocycles. The minimum Gasteiger partial charge on any atom is -0.359 e. The van der Waals surface area contributed by atoms with Gasteiger partial charge in [0.2, 0.25) is 10.0 Å². The van der Waals surface area contributed by atoms with Crippen LogP contribution in [0, 0.1) is 20.8 Å². The van der Waals surface area contributed by atoms with Crippen molar-refractivity contribution in [2.75, 3.05) is 7.05 Å². The van der Waals surface area contributed by atoms with Gasteiger partial charge in [0.15, 0.2) is 5.76 Å². The monoisotopic (exact) mass is 456 g/mol. The SMILES string of the molecule is Cc1ccc(-c2ccc(=O)n(-c3c(C)noc3C)n2)cc1S(=O)(=O)N(C)C1CCCCC1. The smallest absolute Gasteiger partial charge is 0.271 e. The van der Waals surface area contributed by atoms with E-state index in [0.29, 0.717) is 34.0 Å². The molecule has 1 fully saturated rings. The molecule has 2 heterocycles. The van der Waals surface area contributed by atoms with Crippen LogP contribution in [0.2, 0.25) is 0 Å². The Morgan fingerprint density at radius 3 is 2.44 bits per heavy atom.